The fraction of sp³-hybridized carbons (Fsp3) is 0. The van der Waals surface area contributed by atoms with Crippen molar-refractivity contribution >= 4 is 64.2 Å². The lowest BCUT2D eigenvalue weighted by molar-refractivity contribution is 1.01. The van der Waals surface area contributed by atoms with Crippen LogP contribution in [-0.2, 0) is 0 Å². The number of fused-ring (bicyclic) bond motifs is 8. The lowest BCUT2D eigenvalue weighted by atomic mass is 10.0. The third kappa shape index (κ3) is 3.46. The van der Waals surface area contributed by atoms with Crippen molar-refractivity contribution in [1.29, 1.82) is 0 Å². The Hall–Kier alpha value is -5.32. The van der Waals surface area contributed by atoms with E-state index in [-0.39, 0.29) is 0 Å². The average molecular weight is 554 g/mol. The van der Waals surface area contributed by atoms with E-state index in [2.05, 4.69) is 132 Å². The molecule has 3 nitrogen and oxygen atoms in total. The molecule has 196 valence electrons. The summed E-state index contributed by atoms with van der Waals surface area (Å²) in [5, 5.41) is 6.11. The summed E-state index contributed by atoms with van der Waals surface area (Å²) in [6.07, 6.45) is 0. The van der Waals surface area contributed by atoms with Crippen LogP contribution in [-0.4, -0.2) is 14.5 Å². The predicted molar refractivity (Wildman–Crippen MR) is 178 cm³/mol. The molecule has 3 aromatic heterocycles. The molecule has 0 aliphatic carbocycles. The Bertz CT molecular complexity index is 2450. The summed E-state index contributed by atoms with van der Waals surface area (Å²) in [6.45, 7) is 0. The van der Waals surface area contributed by atoms with Crippen molar-refractivity contribution in [3.63, 3.8) is 0 Å². The molecule has 3 heterocycles. The number of thiophene rings is 1. The topological polar surface area (TPSA) is 30.7 Å². The van der Waals surface area contributed by atoms with Crippen molar-refractivity contribution in [3.8, 4) is 28.3 Å². The van der Waals surface area contributed by atoms with Crippen LogP contribution < -0.4 is 0 Å². The summed E-state index contributed by atoms with van der Waals surface area (Å²) in [7, 11) is 0. The molecule has 0 fully saturated rings. The lowest BCUT2D eigenvalue weighted by Crippen LogP contribution is -2.03. The highest BCUT2D eigenvalue weighted by Gasteiger charge is 2.20. The first-order valence-corrected chi connectivity index (χ1v) is 14.9. The molecule has 0 aliphatic heterocycles. The summed E-state index contributed by atoms with van der Waals surface area (Å²) in [5.41, 5.74) is 7.55. The van der Waals surface area contributed by atoms with Crippen molar-refractivity contribution in [1.82, 2.24) is 14.5 Å². The molecule has 0 unspecified atom stereocenters. The number of hydrogen-bond donors (Lipinski definition) is 0. The monoisotopic (exact) mass is 553 g/mol. The van der Waals surface area contributed by atoms with Crippen LogP contribution in [0.1, 0.15) is 0 Å². The Morgan fingerprint density at radius 3 is 1.95 bits per heavy atom. The fourth-order valence-electron chi connectivity index (χ4n) is 6.33. The maximum atomic E-state index is 5.30. The van der Waals surface area contributed by atoms with Gasteiger partial charge in [0.15, 0.2) is 0 Å². The third-order valence-electron chi connectivity index (χ3n) is 8.23. The first-order valence-electron chi connectivity index (χ1n) is 14.1. The van der Waals surface area contributed by atoms with Gasteiger partial charge in [0, 0.05) is 41.9 Å². The van der Waals surface area contributed by atoms with Gasteiger partial charge in [-0.1, -0.05) is 109 Å². The largest absolute Gasteiger partial charge is 0.278 e. The smallest absolute Gasteiger partial charge is 0.235 e. The molecule has 0 radical (unpaired) electrons. The van der Waals surface area contributed by atoms with E-state index in [1.165, 1.54) is 42.1 Å². The highest BCUT2D eigenvalue weighted by atomic mass is 32.1. The van der Waals surface area contributed by atoms with Crippen LogP contribution in [0.3, 0.4) is 0 Å². The van der Waals surface area contributed by atoms with E-state index < -0.39 is 0 Å². The molecule has 6 aromatic carbocycles. The fourth-order valence-corrected chi connectivity index (χ4v) is 7.44. The number of benzene rings is 6. The SMILES string of the molecule is c1ccc(-c2ccc(-c3nc(-n4c5ccccc5c5c6c(ccc54)sc4ccccc46)nc4ccccc34)cc2)cc1. The molecular weight excluding hydrogens is 531 g/mol. The first kappa shape index (κ1) is 23.4. The number of nitrogens with zero attached hydrogens (tertiary/aromatic N) is 3. The highest BCUT2D eigenvalue weighted by Crippen LogP contribution is 2.43. The maximum absolute atomic E-state index is 5.30. The van der Waals surface area contributed by atoms with Gasteiger partial charge in [0.25, 0.3) is 0 Å². The maximum Gasteiger partial charge on any atom is 0.235 e. The number of aromatic nitrogens is 3. The molecule has 0 bridgehead atoms. The van der Waals surface area contributed by atoms with Crippen LogP contribution in [0.2, 0.25) is 0 Å². The zero-order chi connectivity index (χ0) is 27.6. The van der Waals surface area contributed by atoms with Crippen LogP contribution in [0.4, 0.5) is 0 Å². The van der Waals surface area contributed by atoms with Crippen molar-refractivity contribution in [2.24, 2.45) is 0 Å². The number of rotatable bonds is 3. The molecule has 0 amide bonds. The second-order valence-electron chi connectivity index (χ2n) is 10.6. The van der Waals surface area contributed by atoms with Gasteiger partial charge >= 0.3 is 0 Å². The second-order valence-corrected chi connectivity index (χ2v) is 11.7. The van der Waals surface area contributed by atoms with Crippen molar-refractivity contribution in [3.05, 3.63) is 140 Å². The minimum Gasteiger partial charge on any atom is -0.278 e. The first-order chi connectivity index (χ1) is 20.8. The van der Waals surface area contributed by atoms with Crippen LogP contribution in [0, 0.1) is 0 Å². The normalized spacial score (nSPS) is 11.8. The van der Waals surface area contributed by atoms with Crippen LogP contribution >= 0.6 is 11.3 Å². The van der Waals surface area contributed by atoms with Gasteiger partial charge in [-0.2, -0.15) is 0 Å². The molecule has 4 heteroatoms. The van der Waals surface area contributed by atoms with E-state index in [1.807, 2.05) is 23.5 Å². The minimum absolute atomic E-state index is 0.681. The van der Waals surface area contributed by atoms with E-state index in [0.29, 0.717) is 5.95 Å². The van der Waals surface area contributed by atoms with Crippen molar-refractivity contribution in [2.75, 3.05) is 0 Å². The van der Waals surface area contributed by atoms with Crippen LogP contribution in [0.5, 0.6) is 0 Å². The van der Waals surface area contributed by atoms with Gasteiger partial charge in [-0.05, 0) is 41.5 Å². The average Bonchev–Trinajstić information content (AvgIpc) is 3.60. The van der Waals surface area contributed by atoms with Crippen LogP contribution in [0.25, 0.3) is 81.2 Å². The molecule has 9 aromatic rings. The molecule has 0 spiro atoms. The Balaban J connectivity index is 1.33. The van der Waals surface area contributed by atoms with Crippen LogP contribution in [0.15, 0.2) is 140 Å². The molecule has 0 saturated heterocycles. The van der Waals surface area contributed by atoms with E-state index in [1.54, 1.807) is 0 Å². The molecular formula is C38H23N3S. The van der Waals surface area contributed by atoms with Gasteiger partial charge < -0.3 is 0 Å². The molecule has 0 aliphatic rings. The van der Waals surface area contributed by atoms with Crippen molar-refractivity contribution in [2.45, 2.75) is 0 Å². The summed E-state index contributed by atoms with van der Waals surface area (Å²) in [4.78, 5) is 10.5. The highest BCUT2D eigenvalue weighted by molar-refractivity contribution is 7.26. The van der Waals surface area contributed by atoms with E-state index >= 15 is 0 Å². The van der Waals surface area contributed by atoms with E-state index in [4.69, 9.17) is 9.97 Å². The predicted octanol–water partition coefficient (Wildman–Crippen LogP) is 10.4. The van der Waals surface area contributed by atoms with E-state index in [0.717, 1.165) is 33.2 Å². The van der Waals surface area contributed by atoms with Gasteiger partial charge in [0.2, 0.25) is 5.95 Å². The Morgan fingerprint density at radius 2 is 1.10 bits per heavy atom. The van der Waals surface area contributed by atoms with Gasteiger partial charge in [-0.3, -0.25) is 4.57 Å². The summed E-state index contributed by atoms with van der Waals surface area (Å²) in [5.74, 6) is 0.681. The standard InChI is InChI=1S/C38H23N3S/c1-2-10-24(11-3-1)25-18-20-26(21-19-25)37-27-12-4-7-15-30(27)39-38(40-37)41-31-16-8-5-13-28(31)35-32(41)22-23-34-36(35)29-14-6-9-17-33(29)42-34/h1-23H. The van der Waals surface area contributed by atoms with Crippen molar-refractivity contribution < 1.29 is 0 Å². The zero-order valence-electron chi connectivity index (χ0n) is 22.5. The third-order valence-corrected chi connectivity index (χ3v) is 9.37. The Labute approximate surface area is 246 Å². The van der Waals surface area contributed by atoms with Gasteiger partial charge in [0.05, 0.1) is 22.2 Å². The van der Waals surface area contributed by atoms with Gasteiger partial charge in [-0.25, -0.2) is 9.97 Å². The van der Waals surface area contributed by atoms with Gasteiger partial charge in [0.1, 0.15) is 0 Å². The summed E-state index contributed by atoms with van der Waals surface area (Å²) in [6, 6.07) is 49.3. The molecule has 0 saturated carbocycles. The van der Waals surface area contributed by atoms with Gasteiger partial charge in [-0.15, -0.1) is 11.3 Å². The number of para-hydroxylation sites is 2. The Morgan fingerprint density at radius 1 is 0.429 bits per heavy atom. The molecule has 9 rings (SSSR count). The lowest BCUT2D eigenvalue weighted by Gasteiger charge is -2.12. The summed E-state index contributed by atoms with van der Waals surface area (Å²) < 4.78 is 4.84. The Kier molecular flexibility index (Phi) is 5.07. The van der Waals surface area contributed by atoms with E-state index in [9.17, 15) is 0 Å². The molecule has 0 N–H and O–H groups in total. The molecule has 42 heavy (non-hydrogen) atoms. The molecule has 0 atom stereocenters. The zero-order valence-corrected chi connectivity index (χ0v) is 23.3. The number of hydrogen-bond acceptors (Lipinski definition) is 3. The quantitative estimate of drug-likeness (QED) is 0.218. The second kappa shape index (κ2) is 9.10. The minimum atomic E-state index is 0.681. The summed E-state index contributed by atoms with van der Waals surface area (Å²) >= 11 is 1.85.